The van der Waals surface area contributed by atoms with Gasteiger partial charge < -0.3 is 20.2 Å². The van der Waals surface area contributed by atoms with Crippen molar-refractivity contribution >= 4 is 17.8 Å². The lowest BCUT2D eigenvalue weighted by Gasteiger charge is -2.37. The molecule has 24 heavy (non-hydrogen) atoms. The number of carbonyl (C=O) groups excluding carboxylic acids is 2. The summed E-state index contributed by atoms with van der Waals surface area (Å²) in [5, 5.41) is 14.8. The van der Waals surface area contributed by atoms with Crippen LogP contribution in [0.2, 0.25) is 0 Å². The Morgan fingerprint density at radius 3 is 2.58 bits per heavy atom. The van der Waals surface area contributed by atoms with Gasteiger partial charge >= 0.3 is 5.97 Å². The van der Waals surface area contributed by atoms with Crippen molar-refractivity contribution in [1.29, 1.82) is 0 Å². The molecule has 2 amide bonds. The van der Waals surface area contributed by atoms with E-state index >= 15 is 0 Å². The first kappa shape index (κ1) is 18.0. The summed E-state index contributed by atoms with van der Waals surface area (Å²) in [6.45, 7) is 2.22. The van der Waals surface area contributed by atoms with E-state index in [0.717, 1.165) is 19.3 Å². The third-order valence-electron chi connectivity index (χ3n) is 4.71. The van der Waals surface area contributed by atoms with Crippen molar-refractivity contribution in [3.05, 3.63) is 24.2 Å². The number of hydrogen-bond acceptors (Lipinski definition) is 4. The summed E-state index contributed by atoms with van der Waals surface area (Å²) in [5.74, 6) is -1.04. The Labute approximate surface area is 140 Å². The van der Waals surface area contributed by atoms with Gasteiger partial charge in [0.1, 0.15) is 5.54 Å². The summed E-state index contributed by atoms with van der Waals surface area (Å²) in [5.41, 5.74) is -1.17. The van der Waals surface area contributed by atoms with E-state index in [1.807, 2.05) is 0 Å². The van der Waals surface area contributed by atoms with Crippen molar-refractivity contribution in [3.8, 4) is 0 Å². The Balaban J connectivity index is 1.81. The highest BCUT2D eigenvalue weighted by molar-refractivity contribution is 5.92. The lowest BCUT2D eigenvalue weighted by molar-refractivity contribution is -0.149. The van der Waals surface area contributed by atoms with Crippen molar-refractivity contribution < 1.29 is 23.9 Å². The summed E-state index contributed by atoms with van der Waals surface area (Å²) in [4.78, 5) is 35.4. The SMILES string of the molecule is CCC1CCC(NC(=O)CCNC(=O)c2ccco2)(C(=O)O)CC1. The molecule has 7 nitrogen and oxygen atoms in total. The first-order valence-electron chi connectivity index (χ1n) is 8.33. The second-order valence-electron chi connectivity index (χ2n) is 6.27. The molecule has 7 heteroatoms. The summed E-state index contributed by atoms with van der Waals surface area (Å²) in [6.07, 6.45) is 4.96. The van der Waals surface area contributed by atoms with E-state index < -0.39 is 17.4 Å². The first-order chi connectivity index (χ1) is 11.5. The molecule has 0 unspecified atom stereocenters. The van der Waals surface area contributed by atoms with Crippen molar-refractivity contribution in [3.63, 3.8) is 0 Å². The minimum absolute atomic E-state index is 0.0265. The van der Waals surface area contributed by atoms with Gasteiger partial charge in [0.05, 0.1) is 6.26 Å². The predicted octanol–water partition coefficient (Wildman–Crippen LogP) is 1.94. The van der Waals surface area contributed by atoms with E-state index in [-0.39, 0.29) is 24.6 Å². The maximum absolute atomic E-state index is 12.1. The van der Waals surface area contributed by atoms with Gasteiger partial charge in [-0.1, -0.05) is 13.3 Å². The zero-order chi connectivity index (χ0) is 17.6. The van der Waals surface area contributed by atoms with Crippen LogP contribution in [0.25, 0.3) is 0 Å². The molecule has 1 heterocycles. The number of hydrogen-bond donors (Lipinski definition) is 3. The standard InChI is InChI=1S/C17H24N2O5/c1-2-12-5-8-17(9-6-12,16(22)23)19-14(20)7-10-18-15(21)13-4-3-11-24-13/h3-4,11-12H,2,5-10H2,1H3,(H,18,21)(H,19,20)(H,22,23). The monoisotopic (exact) mass is 336 g/mol. The van der Waals surface area contributed by atoms with Crippen LogP contribution in [-0.4, -0.2) is 35.0 Å². The van der Waals surface area contributed by atoms with Gasteiger partial charge in [0.15, 0.2) is 5.76 Å². The molecule has 3 N–H and O–H groups in total. The number of nitrogens with one attached hydrogen (secondary N) is 2. The average Bonchev–Trinajstić information content (AvgIpc) is 3.10. The number of carboxylic acid groups (broad SMARTS) is 1. The quantitative estimate of drug-likeness (QED) is 0.705. The van der Waals surface area contributed by atoms with Crippen LogP contribution in [-0.2, 0) is 9.59 Å². The fourth-order valence-corrected chi connectivity index (χ4v) is 3.08. The Hall–Kier alpha value is -2.31. The predicted molar refractivity (Wildman–Crippen MR) is 86.4 cm³/mol. The fourth-order valence-electron chi connectivity index (χ4n) is 3.08. The molecule has 1 aliphatic carbocycles. The second kappa shape index (κ2) is 7.99. The molecule has 1 aromatic heterocycles. The molecule has 0 spiro atoms. The Kier molecular flexibility index (Phi) is 6.00. The van der Waals surface area contributed by atoms with Crippen LogP contribution >= 0.6 is 0 Å². The molecule has 132 valence electrons. The minimum Gasteiger partial charge on any atom is -0.480 e. The van der Waals surface area contributed by atoms with Gasteiger partial charge in [-0.25, -0.2) is 4.79 Å². The summed E-state index contributed by atoms with van der Waals surface area (Å²) in [6, 6.07) is 3.13. The third kappa shape index (κ3) is 4.37. The van der Waals surface area contributed by atoms with Crippen LogP contribution < -0.4 is 10.6 Å². The summed E-state index contributed by atoms with van der Waals surface area (Å²) >= 11 is 0. The molecule has 0 aromatic carbocycles. The van der Waals surface area contributed by atoms with Gasteiger partial charge in [-0.2, -0.15) is 0 Å². The van der Waals surface area contributed by atoms with E-state index in [1.54, 1.807) is 6.07 Å². The van der Waals surface area contributed by atoms with Crippen LogP contribution in [0.5, 0.6) is 0 Å². The number of carbonyl (C=O) groups is 3. The third-order valence-corrected chi connectivity index (χ3v) is 4.71. The van der Waals surface area contributed by atoms with Gasteiger partial charge in [-0.3, -0.25) is 9.59 Å². The highest BCUT2D eigenvalue weighted by Gasteiger charge is 2.42. The molecule has 0 bridgehead atoms. The van der Waals surface area contributed by atoms with E-state index in [4.69, 9.17) is 4.42 Å². The fraction of sp³-hybridized carbons (Fsp3) is 0.588. The first-order valence-corrected chi connectivity index (χ1v) is 8.33. The largest absolute Gasteiger partial charge is 0.480 e. The van der Waals surface area contributed by atoms with E-state index in [1.165, 1.54) is 12.3 Å². The smallest absolute Gasteiger partial charge is 0.329 e. The van der Waals surface area contributed by atoms with Gasteiger partial charge in [0.25, 0.3) is 5.91 Å². The number of amides is 2. The number of rotatable bonds is 7. The van der Waals surface area contributed by atoms with Gasteiger partial charge in [-0.05, 0) is 43.7 Å². The second-order valence-corrected chi connectivity index (χ2v) is 6.27. The van der Waals surface area contributed by atoms with Gasteiger partial charge in [0, 0.05) is 13.0 Å². The Morgan fingerprint density at radius 2 is 2.04 bits per heavy atom. The van der Waals surface area contributed by atoms with Crippen LogP contribution in [0.15, 0.2) is 22.8 Å². The van der Waals surface area contributed by atoms with Crippen LogP contribution in [0, 0.1) is 5.92 Å². The molecule has 0 atom stereocenters. The molecular weight excluding hydrogens is 312 g/mol. The lowest BCUT2D eigenvalue weighted by atomic mass is 9.75. The topological polar surface area (TPSA) is 109 Å². The molecule has 0 aliphatic heterocycles. The molecule has 1 aromatic rings. The highest BCUT2D eigenvalue weighted by Crippen LogP contribution is 2.34. The van der Waals surface area contributed by atoms with E-state index in [0.29, 0.717) is 18.8 Å². The zero-order valence-electron chi connectivity index (χ0n) is 13.8. The molecule has 1 fully saturated rings. The van der Waals surface area contributed by atoms with Crippen molar-refractivity contribution in [1.82, 2.24) is 10.6 Å². The number of carboxylic acids is 1. The minimum atomic E-state index is -1.17. The maximum atomic E-state index is 12.1. The van der Waals surface area contributed by atoms with Crippen molar-refractivity contribution in [2.75, 3.05) is 6.54 Å². The molecular formula is C17H24N2O5. The summed E-state index contributed by atoms with van der Waals surface area (Å²) < 4.78 is 4.95. The Bertz CT molecular complexity index is 574. The zero-order valence-corrected chi connectivity index (χ0v) is 13.8. The van der Waals surface area contributed by atoms with Gasteiger partial charge in [-0.15, -0.1) is 0 Å². The molecule has 1 saturated carbocycles. The van der Waals surface area contributed by atoms with Crippen LogP contribution in [0.3, 0.4) is 0 Å². The molecule has 0 radical (unpaired) electrons. The van der Waals surface area contributed by atoms with Gasteiger partial charge in [0.2, 0.25) is 5.91 Å². The van der Waals surface area contributed by atoms with Crippen molar-refractivity contribution in [2.45, 2.75) is 51.0 Å². The number of aliphatic carboxylic acids is 1. The average molecular weight is 336 g/mol. The Morgan fingerprint density at radius 1 is 1.33 bits per heavy atom. The van der Waals surface area contributed by atoms with E-state index in [2.05, 4.69) is 17.6 Å². The van der Waals surface area contributed by atoms with Crippen LogP contribution in [0.4, 0.5) is 0 Å². The molecule has 2 rings (SSSR count). The number of furan rings is 1. The van der Waals surface area contributed by atoms with E-state index in [9.17, 15) is 19.5 Å². The van der Waals surface area contributed by atoms with Crippen molar-refractivity contribution in [2.24, 2.45) is 5.92 Å². The highest BCUT2D eigenvalue weighted by atomic mass is 16.4. The van der Waals surface area contributed by atoms with Crippen LogP contribution in [0.1, 0.15) is 56.0 Å². The molecule has 1 aliphatic rings. The molecule has 0 saturated heterocycles. The normalized spacial score (nSPS) is 23.5. The maximum Gasteiger partial charge on any atom is 0.329 e. The lowest BCUT2D eigenvalue weighted by Crippen LogP contribution is -2.56. The summed E-state index contributed by atoms with van der Waals surface area (Å²) in [7, 11) is 0.